The molecule has 1 aromatic rings. The Kier molecular flexibility index (Phi) is 4.16. The highest BCUT2D eigenvalue weighted by Crippen LogP contribution is 2.19. The molecule has 5 N–H and O–H groups in total. The van der Waals surface area contributed by atoms with Gasteiger partial charge in [-0.3, -0.25) is 4.79 Å². The Labute approximate surface area is 117 Å². The van der Waals surface area contributed by atoms with E-state index >= 15 is 0 Å². The fraction of sp³-hybridized carbons (Fsp3) is 0.538. The van der Waals surface area contributed by atoms with Gasteiger partial charge in [0.1, 0.15) is 5.69 Å². The summed E-state index contributed by atoms with van der Waals surface area (Å²) in [7, 11) is 1.81. The second kappa shape index (κ2) is 5.85. The Balaban J connectivity index is 1.99. The number of nitrogens with two attached hydrogens (primary N) is 2. The molecule has 1 unspecified atom stereocenters. The second-order valence-corrected chi connectivity index (χ2v) is 5.27. The van der Waals surface area contributed by atoms with E-state index in [0.717, 1.165) is 19.4 Å². The maximum Gasteiger partial charge on any atom is 0.312 e. The van der Waals surface area contributed by atoms with Crippen LogP contribution in [0.15, 0.2) is 12.3 Å². The monoisotopic (exact) mass is 279 g/mol. The molecule has 110 valence electrons. The highest BCUT2D eigenvalue weighted by Gasteiger charge is 2.26. The lowest BCUT2D eigenvalue weighted by Crippen LogP contribution is -2.44. The molecule has 7 nitrogen and oxygen atoms in total. The summed E-state index contributed by atoms with van der Waals surface area (Å²) in [5.41, 5.74) is 11.9. The van der Waals surface area contributed by atoms with Crippen molar-refractivity contribution in [3.63, 3.8) is 0 Å². The molecule has 1 aliphatic heterocycles. The highest BCUT2D eigenvalue weighted by atomic mass is 16.2. The van der Waals surface area contributed by atoms with Crippen molar-refractivity contribution in [3.05, 3.63) is 18.0 Å². The van der Waals surface area contributed by atoms with E-state index in [2.05, 4.69) is 5.32 Å². The van der Waals surface area contributed by atoms with Crippen molar-refractivity contribution in [2.45, 2.75) is 12.8 Å². The number of hydrogen-bond donors (Lipinski definition) is 3. The summed E-state index contributed by atoms with van der Waals surface area (Å²) in [5.74, 6) is 0.228. The fourth-order valence-corrected chi connectivity index (χ4v) is 2.63. The van der Waals surface area contributed by atoms with E-state index in [1.54, 1.807) is 23.9 Å². The molecule has 0 spiro atoms. The molecule has 0 bridgehead atoms. The molecule has 7 heteroatoms. The normalized spacial score (nSPS) is 18.9. The number of likely N-dealkylation sites (tertiary alicyclic amines) is 1. The lowest BCUT2D eigenvalue weighted by Gasteiger charge is -2.32. The molecule has 1 aliphatic rings. The Morgan fingerprint density at radius 2 is 2.25 bits per heavy atom. The van der Waals surface area contributed by atoms with Crippen molar-refractivity contribution in [2.24, 2.45) is 18.7 Å². The third-order valence-corrected chi connectivity index (χ3v) is 3.62. The van der Waals surface area contributed by atoms with E-state index in [0.29, 0.717) is 24.5 Å². The number of rotatable bonds is 3. The fourth-order valence-electron chi connectivity index (χ4n) is 2.63. The molecule has 1 atom stereocenters. The Hall–Kier alpha value is -2.18. The van der Waals surface area contributed by atoms with E-state index in [-0.39, 0.29) is 11.8 Å². The molecule has 1 aromatic heterocycles. The number of carbonyl (C=O) groups excluding carboxylic acids is 2. The van der Waals surface area contributed by atoms with Gasteiger partial charge in [0.05, 0.1) is 5.69 Å². The lowest BCUT2D eigenvalue weighted by molar-refractivity contribution is 0.0665. The number of amides is 3. The first-order valence-corrected chi connectivity index (χ1v) is 6.72. The van der Waals surface area contributed by atoms with E-state index in [1.807, 2.05) is 4.90 Å². The Morgan fingerprint density at radius 1 is 1.50 bits per heavy atom. The molecule has 3 amide bonds. The number of hydrogen-bond acceptors (Lipinski definition) is 3. The van der Waals surface area contributed by atoms with Crippen LogP contribution in [0.4, 0.5) is 10.5 Å². The van der Waals surface area contributed by atoms with Crippen molar-refractivity contribution in [1.29, 1.82) is 0 Å². The van der Waals surface area contributed by atoms with Crippen LogP contribution in [0.3, 0.4) is 0 Å². The zero-order valence-corrected chi connectivity index (χ0v) is 11.6. The van der Waals surface area contributed by atoms with Crippen LogP contribution in [-0.4, -0.2) is 41.0 Å². The molecular weight excluding hydrogens is 258 g/mol. The maximum absolute atomic E-state index is 12.5. The predicted molar refractivity (Wildman–Crippen MR) is 76.0 cm³/mol. The molecule has 1 saturated heterocycles. The van der Waals surface area contributed by atoms with Crippen LogP contribution in [0.5, 0.6) is 0 Å². The highest BCUT2D eigenvalue weighted by molar-refractivity contribution is 5.93. The van der Waals surface area contributed by atoms with E-state index < -0.39 is 6.03 Å². The van der Waals surface area contributed by atoms with Gasteiger partial charge in [0, 0.05) is 32.9 Å². The van der Waals surface area contributed by atoms with Crippen LogP contribution in [0.25, 0.3) is 0 Å². The Bertz CT molecular complexity index is 511. The lowest BCUT2D eigenvalue weighted by atomic mass is 9.98. The minimum absolute atomic E-state index is 0.0204. The van der Waals surface area contributed by atoms with Crippen LogP contribution in [0.1, 0.15) is 23.3 Å². The van der Waals surface area contributed by atoms with Crippen molar-refractivity contribution in [2.75, 3.05) is 25.4 Å². The van der Waals surface area contributed by atoms with Gasteiger partial charge in [-0.2, -0.15) is 0 Å². The van der Waals surface area contributed by atoms with E-state index in [1.165, 1.54) is 0 Å². The number of nitrogen functional groups attached to an aromatic ring is 1. The zero-order chi connectivity index (χ0) is 14.7. The van der Waals surface area contributed by atoms with Crippen LogP contribution >= 0.6 is 0 Å². The standard InChI is InChI=1S/C13H21N5O2/c1-17-8-10(14)5-11(17)12(19)18-4-2-3-9(7-18)6-16-13(15)20/h5,8-9H,2-4,6-7,14H2,1H3,(H3,15,16,20). The average Bonchev–Trinajstić information content (AvgIpc) is 2.75. The summed E-state index contributed by atoms with van der Waals surface area (Å²) in [6, 6.07) is 1.16. The first-order chi connectivity index (χ1) is 9.47. The van der Waals surface area contributed by atoms with Crippen molar-refractivity contribution in [1.82, 2.24) is 14.8 Å². The molecule has 0 aromatic carbocycles. The third kappa shape index (κ3) is 3.23. The molecule has 1 fully saturated rings. The summed E-state index contributed by atoms with van der Waals surface area (Å²) >= 11 is 0. The number of nitrogens with zero attached hydrogens (tertiary/aromatic N) is 2. The molecule has 0 saturated carbocycles. The number of anilines is 1. The van der Waals surface area contributed by atoms with Crippen molar-refractivity contribution >= 4 is 17.6 Å². The van der Waals surface area contributed by atoms with Gasteiger partial charge in [-0.1, -0.05) is 0 Å². The zero-order valence-electron chi connectivity index (χ0n) is 11.6. The molecule has 0 aliphatic carbocycles. The SMILES string of the molecule is Cn1cc(N)cc1C(=O)N1CCCC(CNC(N)=O)C1. The topological polar surface area (TPSA) is 106 Å². The molecule has 20 heavy (non-hydrogen) atoms. The van der Waals surface area contributed by atoms with Gasteiger partial charge in [0.25, 0.3) is 5.91 Å². The van der Waals surface area contributed by atoms with Gasteiger partial charge in [0.2, 0.25) is 0 Å². The number of piperidine rings is 1. The molecule has 0 radical (unpaired) electrons. The minimum Gasteiger partial charge on any atom is -0.397 e. The largest absolute Gasteiger partial charge is 0.397 e. The number of urea groups is 1. The summed E-state index contributed by atoms with van der Waals surface area (Å²) in [4.78, 5) is 25.0. The summed E-state index contributed by atoms with van der Waals surface area (Å²) in [6.45, 7) is 1.87. The van der Waals surface area contributed by atoms with Gasteiger partial charge in [-0.05, 0) is 24.8 Å². The number of aromatic nitrogens is 1. The van der Waals surface area contributed by atoms with E-state index in [9.17, 15) is 9.59 Å². The quantitative estimate of drug-likeness (QED) is 0.732. The van der Waals surface area contributed by atoms with Gasteiger partial charge >= 0.3 is 6.03 Å². The third-order valence-electron chi connectivity index (χ3n) is 3.62. The molecular formula is C13H21N5O2. The van der Waals surface area contributed by atoms with Crippen LogP contribution < -0.4 is 16.8 Å². The van der Waals surface area contributed by atoms with Crippen molar-refractivity contribution in [3.8, 4) is 0 Å². The van der Waals surface area contributed by atoms with Gasteiger partial charge < -0.3 is 26.3 Å². The minimum atomic E-state index is -0.524. The van der Waals surface area contributed by atoms with Gasteiger partial charge in [-0.25, -0.2) is 4.79 Å². The van der Waals surface area contributed by atoms with Crippen LogP contribution in [0, 0.1) is 5.92 Å². The van der Waals surface area contributed by atoms with E-state index in [4.69, 9.17) is 11.5 Å². The molecule has 2 rings (SSSR count). The van der Waals surface area contributed by atoms with Crippen molar-refractivity contribution < 1.29 is 9.59 Å². The smallest absolute Gasteiger partial charge is 0.312 e. The molecule has 2 heterocycles. The van der Waals surface area contributed by atoms with Crippen LogP contribution in [-0.2, 0) is 7.05 Å². The number of aryl methyl sites for hydroxylation is 1. The average molecular weight is 279 g/mol. The first kappa shape index (κ1) is 14.2. The number of primary amides is 1. The summed E-state index contributed by atoms with van der Waals surface area (Å²) < 4.78 is 1.74. The second-order valence-electron chi connectivity index (χ2n) is 5.27. The van der Waals surface area contributed by atoms with Gasteiger partial charge in [-0.15, -0.1) is 0 Å². The Morgan fingerprint density at radius 3 is 2.85 bits per heavy atom. The maximum atomic E-state index is 12.5. The summed E-state index contributed by atoms with van der Waals surface area (Å²) in [6.07, 6.45) is 3.64. The first-order valence-electron chi connectivity index (χ1n) is 6.72. The predicted octanol–water partition coefficient (Wildman–Crippen LogP) is 0.128. The number of carbonyl (C=O) groups is 2. The van der Waals surface area contributed by atoms with Gasteiger partial charge in [0.15, 0.2) is 0 Å². The summed E-state index contributed by atoms with van der Waals surface area (Å²) in [5, 5.41) is 2.61. The van der Waals surface area contributed by atoms with Crippen LogP contribution in [0.2, 0.25) is 0 Å². The number of nitrogens with one attached hydrogen (secondary N) is 1.